The first-order chi connectivity index (χ1) is 6.49. The average Bonchev–Trinajstić information content (AvgIpc) is 2.03. The number of carbonyl (C=O) groups is 3. The first-order valence-corrected chi connectivity index (χ1v) is 4.72. The summed E-state index contributed by atoms with van der Waals surface area (Å²) in [6, 6.07) is 0. The maximum Gasteiger partial charge on any atom is 0.316 e. The average molecular weight is 221 g/mol. The summed E-state index contributed by atoms with van der Waals surface area (Å²) in [5.74, 6) is -1.75. The molecule has 1 atom stereocenters. The van der Waals surface area contributed by atoms with E-state index in [1.54, 1.807) is 6.92 Å². The van der Waals surface area contributed by atoms with E-state index in [1.807, 2.05) is 0 Å². The van der Waals surface area contributed by atoms with Gasteiger partial charge in [0.05, 0.1) is 6.61 Å². The van der Waals surface area contributed by atoms with Gasteiger partial charge in [-0.05, 0) is 31.9 Å². The molecule has 0 N–H and O–H groups in total. The van der Waals surface area contributed by atoms with E-state index < -0.39 is 17.1 Å². The molecular weight excluding hydrogens is 208 g/mol. The van der Waals surface area contributed by atoms with E-state index in [0.29, 0.717) is 0 Å². The number of hydrogen-bond acceptors (Lipinski definition) is 4. The van der Waals surface area contributed by atoms with Crippen LogP contribution in [0.2, 0.25) is 0 Å². The van der Waals surface area contributed by atoms with Crippen LogP contribution in [0, 0.1) is 5.92 Å². The van der Waals surface area contributed by atoms with Crippen LogP contribution in [0.1, 0.15) is 26.7 Å². The van der Waals surface area contributed by atoms with Crippen LogP contribution in [0.4, 0.5) is 0 Å². The third-order valence-corrected chi connectivity index (χ3v) is 1.88. The Bertz CT molecular complexity index is 237. The van der Waals surface area contributed by atoms with Crippen LogP contribution >= 0.6 is 11.6 Å². The Labute approximate surface area is 87.6 Å². The van der Waals surface area contributed by atoms with E-state index in [9.17, 15) is 14.4 Å². The van der Waals surface area contributed by atoms with Gasteiger partial charge in [-0.1, -0.05) is 0 Å². The van der Waals surface area contributed by atoms with Crippen LogP contribution in [0.25, 0.3) is 0 Å². The summed E-state index contributed by atoms with van der Waals surface area (Å²) < 4.78 is 4.68. The predicted octanol–water partition coefficient (Wildman–Crippen LogP) is 1.30. The van der Waals surface area contributed by atoms with E-state index in [0.717, 1.165) is 0 Å². The number of carbonyl (C=O) groups excluding carboxylic acids is 3. The summed E-state index contributed by atoms with van der Waals surface area (Å²) >= 11 is 5.11. The molecule has 0 aromatic heterocycles. The summed E-state index contributed by atoms with van der Waals surface area (Å²) in [4.78, 5) is 32.7. The van der Waals surface area contributed by atoms with Gasteiger partial charge >= 0.3 is 5.97 Å². The monoisotopic (exact) mass is 220 g/mol. The summed E-state index contributed by atoms with van der Waals surface area (Å²) in [5, 5.41) is -0.555. The highest BCUT2D eigenvalue weighted by Crippen LogP contribution is 2.11. The summed E-state index contributed by atoms with van der Waals surface area (Å²) in [5.41, 5.74) is 0. The highest BCUT2D eigenvalue weighted by molar-refractivity contribution is 6.63. The van der Waals surface area contributed by atoms with E-state index in [-0.39, 0.29) is 25.2 Å². The van der Waals surface area contributed by atoms with E-state index >= 15 is 0 Å². The minimum Gasteiger partial charge on any atom is -0.465 e. The molecule has 0 bridgehead atoms. The minimum absolute atomic E-state index is 0.00458. The number of hydrogen-bond donors (Lipinski definition) is 0. The van der Waals surface area contributed by atoms with Crippen molar-refractivity contribution in [1.82, 2.24) is 0 Å². The SMILES string of the molecule is CCOC(=O)C(CCC(=O)Cl)C(C)=O. The van der Waals surface area contributed by atoms with Gasteiger partial charge in [-0.15, -0.1) is 0 Å². The number of halogens is 1. The molecule has 0 aromatic carbocycles. The fraction of sp³-hybridized carbons (Fsp3) is 0.667. The Morgan fingerprint density at radius 1 is 1.36 bits per heavy atom. The highest BCUT2D eigenvalue weighted by atomic mass is 35.5. The molecule has 4 nitrogen and oxygen atoms in total. The topological polar surface area (TPSA) is 60.4 Å². The van der Waals surface area contributed by atoms with Gasteiger partial charge in [-0.3, -0.25) is 14.4 Å². The van der Waals surface area contributed by atoms with Crippen LogP contribution < -0.4 is 0 Å². The molecule has 0 aromatic rings. The molecule has 0 aliphatic heterocycles. The first kappa shape index (κ1) is 13.1. The van der Waals surface area contributed by atoms with Crippen molar-refractivity contribution >= 4 is 28.6 Å². The molecule has 0 aliphatic carbocycles. The molecule has 5 heteroatoms. The lowest BCUT2D eigenvalue weighted by Gasteiger charge is -2.10. The number of Topliss-reactive ketones (excluding diaryl/α,β-unsaturated/α-hetero) is 1. The van der Waals surface area contributed by atoms with E-state index in [1.165, 1.54) is 6.92 Å². The lowest BCUT2D eigenvalue weighted by molar-refractivity contribution is -0.151. The largest absolute Gasteiger partial charge is 0.465 e. The number of ether oxygens (including phenoxy) is 1. The minimum atomic E-state index is -0.863. The normalized spacial score (nSPS) is 11.9. The second-order valence-electron chi connectivity index (χ2n) is 2.81. The zero-order valence-electron chi connectivity index (χ0n) is 8.21. The number of esters is 1. The molecule has 1 unspecified atom stereocenters. The molecule has 0 heterocycles. The van der Waals surface area contributed by atoms with Gasteiger partial charge in [-0.2, -0.15) is 0 Å². The Morgan fingerprint density at radius 2 is 1.93 bits per heavy atom. The zero-order chi connectivity index (χ0) is 11.1. The van der Waals surface area contributed by atoms with Crippen molar-refractivity contribution in [3.63, 3.8) is 0 Å². The van der Waals surface area contributed by atoms with Crippen LogP contribution in [-0.2, 0) is 19.1 Å². The van der Waals surface area contributed by atoms with Gasteiger partial charge in [0.2, 0.25) is 5.24 Å². The summed E-state index contributed by atoms with van der Waals surface area (Å²) in [6.45, 7) is 3.17. The van der Waals surface area contributed by atoms with Crippen molar-refractivity contribution in [1.29, 1.82) is 0 Å². The van der Waals surface area contributed by atoms with Crippen LogP contribution in [0.15, 0.2) is 0 Å². The zero-order valence-corrected chi connectivity index (χ0v) is 8.97. The fourth-order valence-corrected chi connectivity index (χ4v) is 1.10. The Balaban J connectivity index is 4.22. The fourth-order valence-electron chi connectivity index (χ4n) is 0.988. The first-order valence-electron chi connectivity index (χ1n) is 4.34. The highest BCUT2D eigenvalue weighted by Gasteiger charge is 2.24. The molecule has 0 saturated carbocycles. The van der Waals surface area contributed by atoms with E-state index in [2.05, 4.69) is 4.74 Å². The van der Waals surface area contributed by atoms with Gasteiger partial charge in [0, 0.05) is 6.42 Å². The standard InChI is InChI=1S/C9H13ClO4/c1-3-14-9(13)7(6(2)11)4-5-8(10)12/h7H,3-5H2,1-2H3. The second-order valence-corrected chi connectivity index (χ2v) is 3.23. The second kappa shape index (κ2) is 6.54. The Hall–Kier alpha value is -0.900. The molecule has 0 rings (SSSR count). The maximum atomic E-state index is 11.2. The molecule has 0 saturated heterocycles. The van der Waals surface area contributed by atoms with Crippen LogP contribution in [0.3, 0.4) is 0 Å². The van der Waals surface area contributed by atoms with Gasteiger partial charge in [0.1, 0.15) is 11.7 Å². The molecule has 0 fully saturated rings. The molecule has 14 heavy (non-hydrogen) atoms. The lowest BCUT2D eigenvalue weighted by atomic mass is 10.00. The predicted molar refractivity (Wildman–Crippen MR) is 50.9 cm³/mol. The molecule has 0 amide bonds. The Morgan fingerprint density at radius 3 is 2.29 bits per heavy atom. The van der Waals surface area contributed by atoms with E-state index in [4.69, 9.17) is 11.6 Å². The molecule has 0 radical (unpaired) electrons. The summed E-state index contributed by atoms with van der Waals surface area (Å²) in [7, 11) is 0. The van der Waals surface area contributed by atoms with Gasteiger partial charge in [0.15, 0.2) is 0 Å². The number of rotatable bonds is 6. The molecule has 0 spiro atoms. The van der Waals surface area contributed by atoms with Gasteiger partial charge in [0.25, 0.3) is 0 Å². The molecular formula is C9H13ClO4. The van der Waals surface area contributed by atoms with Gasteiger partial charge < -0.3 is 4.74 Å². The lowest BCUT2D eigenvalue weighted by Crippen LogP contribution is -2.24. The van der Waals surface area contributed by atoms with Crippen LogP contribution in [0.5, 0.6) is 0 Å². The number of ketones is 1. The van der Waals surface area contributed by atoms with Crippen molar-refractivity contribution in [2.45, 2.75) is 26.7 Å². The van der Waals surface area contributed by atoms with Gasteiger partial charge in [-0.25, -0.2) is 0 Å². The van der Waals surface area contributed by atoms with Crippen molar-refractivity contribution in [3.8, 4) is 0 Å². The summed E-state index contributed by atoms with van der Waals surface area (Å²) in [6.07, 6.45) is 0.126. The quantitative estimate of drug-likeness (QED) is 0.385. The van der Waals surface area contributed by atoms with Crippen molar-refractivity contribution in [3.05, 3.63) is 0 Å². The van der Waals surface area contributed by atoms with Crippen molar-refractivity contribution in [2.24, 2.45) is 5.92 Å². The smallest absolute Gasteiger partial charge is 0.316 e. The van der Waals surface area contributed by atoms with Crippen LogP contribution in [-0.4, -0.2) is 23.6 Å². The molecule has 80 valence electrons. The molecule has 0 aliphatic rings. The van der Waals surface area contributed by atoms with Crippen molar-refractivity contribution < 1.29 is 19.1 Å². The third kappa shape index (κ3) is 4.97. The maximum absolute atomic E-state index is 11.2. The Kier molecular flexibility index (Phi) is 6.12. The third-order valence-electron chi connectivity index (χ3n) is 1.69. The van der Waals surface area contributed by atoms with Crippen molar-refractivity contribution in [2.75, 3.05) is 6.61 Å².